The minimum atomic E-state index is -0.545. The van der Waals surface area contributed by atoms with E-state index >= 15 is 0 Å². The first-order valence-electron chi connectivity index (χ1n) is 9.20. The number of carbonyl (C=O) groups excluding carboxylic acids is 2. The summed E-state index contributed by atoms with van der Waals surface area (Å²) in [5, 5.41) is 1.58. The van der Waals surface area contributed by atoms with Crippen LogP contribution in [0.15, 0.2) is 18.2 Å². The summed E-state index contributed by atoms with van der Waals surface area (Å²) in [6.45, 7) is 7.59. The van der Waals surface area contributed by atoms with Gasteiger partial charge in [-0.2, -0.15) is 0 Å². The number of rotatable bonds is 2. The Morgan fingerprint density at radius 2 is 1.72 bits per heavy atom. The summed E-state index contributed by atoms with van der Waals surface area (Å²) in [5.41, 5.74) is 0.886. The van der Waals surface area contributed by atoms with Gasteiger partial charge in [-0.05, 0) is 39.0 Å². The van der Waals surface area contributed by atoms with Crippen LogP contribution in [-0.4, -0.2) is 60.8 Å². The number of aromatic nitrogens is 1. The second-order valence-corrected chi connectivity index (χ2v) is 8.60. The largest absolute Gasteiger partial charge is 0.464 e. The number of benzene rings is 1. The molecule has 0 N–H and O–H groups in total. The van der Waals surface area contributed by atoms with Crippen molar-refractivity contribution in [3.8, 4) is 0 Å². The summed E-state index contributed by atoms with van der Waals surface area (Å²) in [5.74, 6) is -0.545. The first-order valence-corrected chi connectivity index (χ1v) is 9.95. The van der Waals surface area contributed by atoms with Crippen molar-refractivity contribution in [2.24, 2.45) is 0 Å². The zero-order valence-corrected chi connectivity index (χ0v) is 18.3. The Hall–Kier alpha value is -2.25. The third-order valence-corrected chi connectivity index (χ3v) is 4.99. The number of fused-ring (bicyclic) bond motifs is 1. The van der Waals surface area contributed by atoms with Crippen molar-refractivity contribution < 1.29 is 19.1 Å². The van der Waals surface area contributed by atoms with Gasteiger partial charge in [0.1, 0.15) is 5.60 Å². The van der Waals surface area contributed by atoms with Crippen LogP contribution in [0, 0.1) is 0 Å². The molecular weight excluding hydrogens is 417 g/mol. The van der Waals surface area contributed by atoms with Crippen molar-refractivity contribution in [2.75, 3.05) is 38.2 Å². The minimum Gasteiger partial charge on any atom is -0.464 e. The number of halogens is 2. The number of pyridine rings is 1. The van der Waals surface area contributed by atoms with Gasteiger partial charge >= 0.3 is 12.1 Å². The van der Waals surface area contributed by atoms with Crippen molar-refractivity contribution in [3.05, 3.63) is 33.9 Å². The Kier molecular flexibility index (Phi) is 6.10. The second-order valence-electron chi connectivity index (χ2n) is 7.75. The van der Waals surface area contributed by atoms with Crippen LogP contribution in [0.4, 0.5) is 10.5 Å². The SMILES string of the molecule is COC(=O)c1cc(N2CCN(C(=O)OC(C)(C)C)CC2)c2c(Cl)cc(Cl)cc2n1. The Labute approximate surface area is 179 Å². The van der Waals surface area contributed by atoms with Crippen LogP contribution >= 0.6 is 23.2 Å². The van der Waals surface area contributed by atoms with Crippen molar-refractivity contribution in [3.63, 3.8) is 0 Å². The molecule has 1 aromatic carbocycles. The Balaban J connectivity index is 1.92. The fraction of sp³-hybridized carbons (Fsp3) is 0.450. The highest BCUT2D eigenvalue weighted by Gasteiger charge is 2.27. The Morgan fingerprint density at radius 1 is 1.07 bits per heavy atom. The van der Waals surface area contributed by atoms with Crippen LogP contribution in [0.3, 0.4) is 0 Å². The van der Waals surface area contributed by atoms with E-state index in [9.17, 15) is 9.59 Å². The van der Waals surface area contributed by atoms with Gasteiger partial charge in [0.15, 0.2) is 5.69 Å². The van der Waals surface area contributed by atoms with Crippen molar-refractivity contribution >= 4 is 51.9 Å². The molecule has 1 amide bonds. The molecule has 156 valence electrons. The van der Waals surface area contributed by atoms with E-state index in [1.807, 2.05) is 20.8 Å². The highest BCUT2D eigenvalue weighted by molar-refractivity contribution is 6.39. The van der Waals surface area contributed by atoms with Crippen molar-refractivity contribution in [2.45, 2.75) is 26.4 Å². The van der Waals surface area contributed by atoms with E-state index in [4.69, 9.17) is 32.7 Å². The molecule has 0 spiro atoms. The maximum atomic E-state index is 12.3. The molecule has 0 radical (unpaired) electrons. The average Bonchev–Trinajstić information content (AvgIpc) is 2.64. The van der Waals surface area contributed by atoms with Gasteiger partial charge < -0.3 is 19.3 Å². The minimum absolute atomic E-state index is 0.169. The molecule has 0 unspecified atom stereocenters. The molecule has 1 aliphatic heterocycles. The molecule has 0 saturated carbocycles. The maximum Gasteiger partial charge on any atom is 0.410 e. The summed E-state index contributed by atoms with van der Waals surface area (Å²) in [4.78, 5) is 32.5. The molecule has 3 rings (SSSR count). The van der Waals surface area contributed by atoms with Gasteiger partial charge in [-0.25, -0.2) is 14.6 Å². The average molecular weight is 440 g/mol. The molecule has 29 heavy (non-hydrogen) atoms. The van der Waals surface area contributed by atoms with Crippen LogP contribution in [0.25, 0.3) is 10.9 Å². The maximum absolute atomic E-state index is 12.3. The smallest absolute Gasteiger partial charge is 0.410 e. The normalized spacial score (nSPS) is 14.8. The lowest BCUT2D eigenvalue weighted by atomic mass is 10.1. The van der Waals surface area contributed by atoms with Gasteiger partial charge in [-0.1, -0.05) is 23.2 Å². The lowest BCUT2D eigenvalue weighted by Gasteiger charge is -2.37. The molecule has 0 atom stereocenters. The van der Waals surface area contributed by atoms with Gasteiger partial charge in [0.2, 0.25) is 0 Å². The molecule has 1 aliphatic rings. The third kappa shape index (κ3) is 4.85. The fourth-order valence-corrected chi connectivity index (χ4v) is 3.76. The quantitative estimate of drug-likeness (QED) is 0.646. The van der Waals surface area contributed by atoms with Gasteiger partial charge in [-0.15, -0.1) is 0 Å². The zero-order valence-electron chi connectivity index (χ0n) is 16.8. The van der Waals surface area contributed by atoms with Gasteiger partial charge in [0.05, 0.1) is 23.3 Å². The topological polar surface area (TPSA) is 72.0 Å². The Bertz CT molecular complexity index is 951. The molecule has 2 aromatic rings. The summed E-state index contributed by atoms with van der Waals surface area (Å²) in [6, 6.07) is 4.97. The molecule has 1 aromatic heterocycles. The molecule has 9 heteroatoms. The number of hydrogen-bond donors (Lipinski definition) is 0. The second kappa shape index (κ2) is 8.24. The summed E-state index contributed by atoms with van der Waals surface area (Å²) < 4.78 is 10.3. The lowest BCUT2D eigenvalue weighted by molar-refractivity contribution is 0.0240. The number of hydrogen-bond acceptors (Lipinski definition) is 6. The number of piperazine rings is 1. The number of carbonyl (C=O) groups is 2. The van der Waals surface area contributed by atoms with Crippen LogP contribution in [0.5, 0.6) is 0 Å². The number of anilines is 1. The molecular formula is C20H23Cl2N3O4. The number of methoxy groups -OCH3 is 1. The van der Waals surface area contributed by atoms with E-state index in [0.717, 1.165) is 5.69 Å². The van der Waals surface area contributed by atoms with Crippen LogP contribution in [0.1, 0.15) is 31.3 Å². The molecule has 7 nitrogen and oxygen atoms in total. The van der Waals surface area contributed by atoms with E-state index in [1.54, 1.807) is 23.1 Å². The number of nitrogens with zero attached hydrogens (tertiary/aromatic N) is 3. The number of amides is 1. The lowest BCUT2D eigenvalue weighted by Crippen LogP contribution is -2.50. The van der Waals surface area contributed by atoms with Gasteiger partial charge in [-0.3, -0.25) is 0 Å². The third-order valence-electron chi connectivity index (χ3n) is 4.47. The van der Waals surface area contributed by atoms with E-state index in [2.05, 4.69) is 9.88 Å². The molecule has 0 bridgehead atoms. The summed E-state index contributed by atoms with van der Waals surface area (Å²) in [7, 11) is 1.30. The first-order chi connectivity index (χ1) is 13.6. The summed E-state index contributed by atoms with van der Waals surface area (Å²) >= 11 is 12.6. The first kappa shape index (κ1) is 21.5. The molecule has 2 heterocycles. The number of ether oxygens (including phenoxy) is 2. The van der Waals surface area contributed by atoms with E-state index in [-0.39, 0.29) is 11.8 Å². The summed E-state index contributed by atoms with van der Waals surface area (Å²) in [6.07, 6.45) is -0.336. The van der Waals surface area contributed by atoms with E-state index in [1.165, 1.54) is 7.11 Å². The van der Waals surface area contributed by atoms with E-state index in [0.29, 0.717) is 47.1 Å². The highest BCUT2D eigenvalue weighted by Crippen LogP contribution is 2.35. The van der Waals surface area contributed by atoms with Gasteiger partial charge in [0, 0.05) is 36.6 Å². The van der Waals surface area contributed by atoms with Crippen LogP contribution in [0.2, 0.25) is 10.0 Å². The Morgan fingerprint density at radius 3 is 2.31 bits per heavy atom. The molecule has 1 saturated heterocycles. The standard InChI is InChI=1S/C20H23Cl2N3O4/c1-20(2,3)29-19(27)25-7-5-24(6-8-25)16-11-15(18(26)28-4)23-14-10-12(21)9-13(22)17(14)16/h9-11H,5-8H2,1-4H3. The highest BCUT2D eigenvalue weighted by atomic mass is 35.5. The molecule has 1 fully saturated rings. The predicted octanol–water partition coefficient (Wildman–Crippen LogP) is 4.39. The van der Waals surface area contributed by atoms with Crippen molar-refractivity contribution in [1.29, 1.82) is 0 Å². The molecule has 0 aliphatic carbocycles. The van der Waals surface area contributed by atoms with Crippen LogP contribution in [-0.2, 0) is 9.47 Å². The fourth-order valence-electron chi connectivity index (χ4n) is 3.18. The number of esters is 1. The van der Waals surface area contributed by atoms with Gasteiger partial charge in [0.25, 0.3) is 0 Å². The zero-order chi connectivity index (χ0) is 21.3. The van der Waals surface area contributed by atoms with Crippen molar-refractivity contribution in [1.82, 2.24) is 9.88 Å². The van der Waals surface area contributed by atoms with Crippen LogP contribution < -0.4 is 4.90 Å². The van der Waals surface area contributed by atoms with E-state index < -0.39 is 11.6 Å². The monoisotopic (exact) mass is 439 g/mol. The predicted molar refractivity (Wildman–Crippen MR) is 113 cm³/mol.